The van der Waals surface area contributed by atoms with Gasteiger partial charge in [-0.25, -0.2) is 14.8 Å². The quantitative estimate of drug-likeness (QED) is 0.484. The van der Waals surface area contributed by atoms with Crippen molar-refractivity contribution in [2.75, 3.05) is 0 Å². The van der Waals surface area contributed by atoms with Crippen LogP contribution in [-0.2, 0) is 12.7 Å². The molecule has 30 heavy (non-hydrogen) atoms. The topological polar surface area (TPSA) is 81.4 Å². The molecule has 0 unspecified atom stereocenters. The minimum Gasteiger partial charge on any atom is -0.328 e. The zero-order valence-corrected chi connectivity index (χ0v) is 16.7. The van der Waals surface area contributed by atoms with Crippen molar-refractivity contribution in [3.63, 3.8) is 0 Å². The summed E-state index contributed by atoms with van der Waals surface area (Å²) in [6.45, 7) is 3.78. The van der Waals surface area contributed by atoms with E-state index in [0.717, 1.165) is 11.8 Å². The third-order valence-electron chi connectivity index (χ3n) is 4.61. The number of imidazole rings is 2. The minimum atomic E-state index is -4.52. The van der Waals surface area contributed by atoms with Gasteiger partial charge in [0.25, 0.3) is 0 Å². The molecule has 0 aliphatic carbocycles. The molecule has 0 atom stereocenters. The Kier molecular flexibility index (Phi) is 4.89. The third kappa shape index (κ3) is 3.70. The first-order chi connectivity index (χ1) is 14.1. The molecule has 0 radical (unpaired) electrons. The Morgan fingerprint density at radius 2 is 1.87 bits per heavy atom. The van der Waals surface area contributed by atoms with Crippen LogP contribution in [0.25, 0.3) is 22.6 Å². The number of nitrogens with one attached hydrogen (secondary N) is 1. The fraction of sp³-hybridized carbons (Fsp3) is 0.263. The van der Waals surface area contributed by atoms with Crippen LogP contribution >= 0.6 is 11.6 Å². The van der Waals surface area contributed by atoms with Gasteiger partial charge in [-0.1, -0.05) is 24.3 Å². The molecule has 0 spiro atoms. The van der Waals surface area contributed by atoms with Gasteiger partial charge in [0.2, 0.25) is 5.28 Å². The average Bonchev–Trinajstić information content (AvgIpc) is 3.25. The monoisotopic (exact) mass is 436 g/mol. The van der Waals surface area contributed by atoms with Gasteiger partial charge in [-0.2, -0.15) is 18.2 Å². The van der Waals surface area contributed by atoms with Crippen LogP contribution in [0.15, 0.2) is 41.5 Å². The second-order valence-corrected chi connectivity index (χ2v) is 7.38. The summed E-state index contributed by atoms with van der Waals surface area (Å²) >= 11 is 5.82. The SMILES string of the molecule is CC(C)n1cc(C(F)(F)F)nc1-c1ccc(Cn2c(=O)[nH]c3cnc(Cl)nc32)cc1. The number of fused-ring (bicyclic) bond motifs is 1. The Hall–Kier alpha value is -3.14. The molecule has 3 heterocycles. The molecule has 7 nitrogen and oxygen atoms in total. The van der Waals surface area contributed by atoms with Crippen LogP contribution in [0.1, 0.15) is 31.1 Å². The molecule has 156 valence electrons. The van der Waals surface area contributed by atoms with Crippen LogP contribution < -0.4 is 5.69 Å². The van der Waals surface area contributed by atoms with Gasteiger partial charge in [-0.3, -0.25) is 4.57 Å². The molecule has 1 N–H and O–H groups in total. The Labute approximate surface area is 173 Å². The largest absolute Gasteiger partial charge is 0.434 e. The average molecular weight is 437 g/mol. The summed E-state index contributed by atoms with van der Waals surface area (Å²) in [7, 11) is 0. The van der Waals surface area contributed by atoms with E-state index in [9.17, 15) is 18.0 Å². The molecule has 3 aromatic heterocycles. The van der Waals surface area contributed by atoms with E-state index in [-0.39, 0.29) is 29.4 Å². The summed E-state index contributed by atoms with van der Waals surface area (Å²) in [6, 6.07) is 6.63. The van der Waals surface area contributed by atoms with Crippen LogP contribution in [0.4, 0.5) is 13.2 Å². The highest BCUT2D eigenvalue weighted by Crippen LogP contribution is 2.32. The first kappa shape index (κ1) is 20.1. The number of alkyl halides is 3. The van der Waals surface area contributed by atoms with E-state index >= 15 is 0 Å². The van der Waals surface area contributed by atoms with Crippen molar-refractivity contribution in [1.29, 1.82) is 0 Å². The highest BCUT2D eigenvalue weighted by Gasteiger charge is 2.35. The minimum absolute atomic E-state index is 0.0200. The van der Waals surface area contributed by atoms with Gasteiger partial charge in [0.1, 0.15) is 11.3 Å². The van der Waals surface area contributed by atoms with Crippen molar-refractivity contribution >= 4 is 22.8 Å². The molecule has 0 saturated heterocycles. The van der Waals surface area contributed by atoms with E-state index in [1.165, 1.54) is 15.3 Å². The molecule has 0 aliphatic rings. The van der Waals surface area contributed by atoms with Crippen molar-refractivity contribution in [1.82, 2.24) is 29.1 Å². The van der Waals surface area contributed by atoms with Crippen molar-refractivity contribution in [3.05, 3.63) is 63.7 Å². The zero-order chi connectivity index (χ0) is 21.6. The second-order valence-electron chi connectivity index (χ2n) is 7.04. The van der Waals surface area contributed by atoms with Gasteiger partial charge in [-0.15, -0.1) is 0 Å². The van der Waals surface area contributed by atoms with Crippen molar-refractivity contribution in [2.45, 2.75) is 32.6 Å². The van der Waals surface area contributed by atoms with Crippen LogP contribution in [0.2, 0.25) is 5.28 Å². The molecule has 4 rings (SSSR count). The lowest BCUT2D eigenvalue weighted by Crippen LogP contribution is -2.17. The molecule has 0 fully saturated rings. The smallest absolute Gasteiger partial charge is 0.328 e. The summed E-state index contributed by atoms with van der Waals surface area (Å²) in [5.41, 5.74) is 0.830. The lowest BCUT2D eigenvalue weighted by Gasteiger charge is -2.11. The lowest BCUT2D eigenvalue weighted by atomic mass is 10.1. The molecule has 0 saturated carbocycles. The summed E-state index contributed by atoms with van der Waals surface area (Å²) in [5, 5.41) is 0.0200. The number of aromatic nitrogens is 6. The Morgan fingerprint density at radius 1 is 1.17 bits per heavy atom. The van der Waals surface area contributed by atoms with Gasteiger partial charge in [0.15, 0.2) is 11.3 Å². The molecule has 0 amide bonds. The maximum Gasteiger partial charge on any atom is 0.434 e. The summed E-state index contributed by atoms with van der Waals surface area (Å²) in [4.78, 5) is 26.6. The zero-order valence-electron chi connectivity index (χ0n) is 15.9. The third-order valence-corrected chi connectivity index (χ3v) is 4.80. The molecular formula is C19H16ClF3N6O. The van der Waals surface area contributed by atoms with E-state index < -0.39 is 11.9 Å². The summed E-state index contributed by atoms with van der Waals surface area (Å²) in [6.07, 6.45) is -2.08. The molecule has 1 aromatic carbocycles. The molecular weight excluding hydrogens is 421 g/mol. The lowest BCUT2D eigenvalue weighted by molar-refractivity contribution is -0.140. The van der Waals surface area contributed by atoms with E-state index in [4.69, 9.17) is 11.6 Å². The number of rotatable bonds is 4. The fourth-order valence-electron chi connectivity index (χ4n) is 3.15. The number of benzene rings is 1. The molecule has 11 heteroatoms. The number of aromatic amines is 1. The van der Waals surface area contributed by atoms with Crippen molar-refractivity contribution in [3.8, 4) is 11.4 Å². The number of H-pyrrole nitrogens is 1. The number of hydrogen-bond acceptors (Lipinski definition) is 4. The van der Waals surface area contributed by atoms with Gasteiger partial charge in [0.05, 0.1) is 12.7 Å². The highest BCUT2D eigenvalue weighted by atomic mass is 35.5. The Bertz CT molecular complexity index is 1270. The fourth-order valence-corrected chi connectivity index (χ4v) is 3.28. The predicted molar refractivity (Wildman–Crippen MR) is 105 cm³/mol. The normalized spacial score (nSPS) is 12.2. The molecule has 4 aromatic rings. The summed E-state index contributed by atoms with van der Waals surface area (Å²) < 4.78 is 42.2. The van der Waals surface area contributed by atoms with Gasteiger partial charge >= 0.3 is 11.9 Å². The first-order valence-electron chi connectivity index (χ1n) is 9.00. The Balaban J connectivity index is 1.68. The predicted octanol–water partition coefficient (Wildman–Crippen LogP) is 4.28. The number of halogens is 4. The highest BCUT2D eigenvalue weighted by molar-refractivity contribution is 6.28. The van der Waals surface area contributed by atoms with E-state index in [1.54, 1.807) is 38.1 Å². The standard InChI is InChI=1S/C19H16ClF3N6O/c1-10(2)28-9-14(19(21,22)23)26-15(28)12-5-3-11(4-6-12)8-29-16-13(25-18(29)30)7-24-17(20)27-16/h3-7,9-10H,8H2,1-2H3,(H,25,30). The van der Waals surface area contributed by atoms with E-state index in [2.05, 4.69) is 19.9 Å². The van der Waals surface area contributed by atoms with E-state index in [0.29, 0.717) is 16.7 Å². The van der Waals surface area contributed by atoms with Gasteiger partial charge in [0, 0.05) is 17.8 Å². The number of nitrogens with zero attached hydrogens (tertiary/aromatic N) is 5. The second kappa shape index (κ2) is 7.28. The van der Waals surface area contributed by atoms with E-state index in [1.807, 2.05) is 0 Å². The van der Waals surface area contributed by atoms with Crippen LogP contribution in [0.3, 0.4) is 0 Å². The van der Waals surface area contributed by atoms with Gasteiger partial charge in [-0.05, 0) is 31.0 Å². The van der Waals surface area contributed by atoms with Crippen LogP contribution in [-0.4, -0.2) is 29.1 Å². The van der Waals surface area contributed by atoms with Gasteiger partial charge < -0.3 is 9.55 Å². The Morgan fingerprint density at radius 3 is 2.50 bits per heavy atom. The maximum atomic E-state index is 13.1. The first-order valence-corrected chi connectivity index (χ1v) is 9.37. The van der Waals surface area contributed by atoms with Crippen molar-refractivity contribution < 1.29 is 13.2 Å². The molecule has 0 aliphatic heterocycles. The number of hydrogen-bond donors (Lipinski definition) is 1. The maximum absolute atomic E-state index is 13.1. The van der Waals surface area contributed by atoms with Crippen LogP contribution in [0.5, 0.6) is 0 Å². The van der Waals surface area contributed by atoms with Crippen LogP contribution in [0, 0.1) is 0 Å². The summed E-state index contributed by atoms with van der Waals surface area (Å²) in [5.74, 6) is 0.229. The van der Waals surface area contributed by atoms with Crippen molar-refractivity contribution in [2.24, 2.45) is 0 Å². The molecule has 0 bridgehead atoms.